The van der Waals surface area contributed by atoms with E-state index in [1.165, 1.54) is 6.33 Å². The minimum Gasteiger partial charge on any atom is -0.434 e. The van der Waals surface area contributed by atoms with Crippen LogP contribution in [-0.4, -0.2) is 66.1 Å². The van der Waals surface area contributed by atoms with Crippen LogP contribution in [0.4, 0.5) is 10.1 Å². The predicted octanol–water partition coefficient (Wildman–Crippen LogP) is 2.84. The van der Waals surface area contributed by atoms with Crippen molar-refractivity contribution >= 4 is 33.1 Å². The number of amides is 1. The highest BCUT2D eigenvalue weighted by atomic mass is 32.1. The SMILES string of the molecule is COCCN(C)CCNC(=O)c1cc2ncnc(Oc3ccc([N+](=O)[O-])cc3F)c2s1. The number of nitrogens with zero attached hydrogens (tertiary/aromatic N) is 4. The summed E-state index contributed by atoms with van der Waals surface area (Å²) in [6.07, 6.45) is 1.24. The number of nitro groups is 1. The molecule has 3 aromatic rings. The summed E-state index contributed by atoms with van der Waals surface area (Å²) in [4.78, 5) is 33.1. The van der Waals surface area contributed by atoms with E-state index in [4.69, 9.17) is 9.47 Å². The summed E-state index contributed by atoms with van der Waals surface area (Å²) in [7, 11) is 3.56. The molecule has 0 aliphatic carbocycles. The molecule has 0 atom stereocenters. The number of rotatable bonds is 10. The number of carbonyl (C=O) groups is 1. The Labute approximate surface area is 180 Å². The van der Waals surface area contributed by atoms with Crippen LogP contribution in [0.1, 0.15) is 9.67 Å². The van der Waals surface area contributed by atoms with Gasteiger partial charge < -0.3 is 19.7 Å². The zero-order valence-electron chi connectivity index (χ0n) is 16.8. The summed E-state index contributed by atoms with van der Waals surface area (Å²) < 4.78 is 25.2. The minimum absolute atomic E-state index is 0.0566. The van der Waals surface area contributed by atoms with Gasteiger partial charge in [-0.25, -0.2) is 14.4 Å². The molecule has 1 N–H and O–H groups in total. The van der Waals surface area contributed by atoms with E-state index >= 15 is 0 Å². The number of carbonyl (C=O) groups excluding carboxylic acids is 1. The lowest BCUT2D eigenvalue weighted by Gasteiger charge is -2.15. The number of nitrogens with one attached hydrogen (secondary N) is 1. The summed E-state index contributed by atoms with van der Waals surface area (Å²) in [5.41, 5.74) is 0.0836. The van der Waals surface area contributed by atoms with Gasteiger partial charge in [-0.3, -0.25) is 14.9 Å². The number of ether oxygens (including phenoxy) is 2. The molecule has 10 nitrogen and oxygen atoms in total. The maximum absolute atomic E-state index is 14.2. The molecule has 164 valence electrons. The normalized spacial score (nSPS) is 11.1. The molecule has 1 aromatic carbocycles. The fourth-order valence-electron chi connectivity index (χ4n) is 2.61. The second kappa shape index (κ2) is 10.2. The molecule has 2 aromatic heterocycles. The fourth-order valence-corrected chi connectivity index (χ4v) is 3.57. The van der Waals surface area contributed by atoms with Crippen molar-refractivity contribution in [3.8, 4) is 11.6 Å². The average Bonchev–Trinajstić information content (AvgIpc) is 3.19. The number of methoxy groups -OCH3 is 1. The minimum atomic E-state index is -0.895. The van der Waals surface area contributed by atoms with Gasteiger partial charge in [-0.1, -0.05) is 0 Å². The molecule has 0 aliphatic heterocycles. The number of halogens is 1. The summed E-state index contributed by atoms with van der Waals surface area (Å²) in [6, 6.07) is 4.66. The van der Waals surface area contributed by atoms with Crippen LogP contribution < -0.4 is 10.1 Å². The molecule has 0 radical (unpaired) electrons. The van der Waals surface area contributed by atoms with Crippen LogP contribution >= 0.6 is 11.3 Å². The molecule has 1 amide bonds. The molecular weight excluding hydrogens is 429 g/mol. The molecule has 0 saturated heterocycles. The topological polar surface area (TPSA) is 120 Å². The van der Waals surface area contributed by atoms with Crippen molar-refractivity contribution in [3.05, 3.63) is 51.4 Å². The standard InChI is InChI=1S/C19H20FN5O5S/c1-24(7-8-29-2)6-5-21-18(26)16-10-14-17(31-16)19(23-11-22-14)30-15-4-3-12(25(27)28)9-13(15)20/h3-4,9-11H,5-8H2,1-2H3,(H,21,26). The molecule has 2 heterocycles. The van der Waals surface area contributed by atoms with Gasteiger partial charge >= 0.3 is 0 Å². The van der Waals surface area contributed by atoms with E-state index in [0.717, 1.165) is 36.1 Å². The Morgan fingerprint density at radius 3 is 2.84 bits per heavy atom. The molecule has 0 aliphatic rings. The lowest BCUT2D eigenvalue weighted by atomic mass is 10.3. The van der Waals surface area contributed by atoms with Crippen molar-refractivity contribution in [1.82, 2.24) is 20.2 Å². The molecule has 0 bridgehead atoms. The fraction of sp³-hybridized carbons (Fsp3) is 0.316. The summed E-state index contributed by atoms with van der Waals surface area (Å²) in [6.45, 7) is 2.48. The summed E-state index contributed by atoms with van der Waals surface area (Å²) >= 11 is 1.11. The number of aromatic nitrogens is 2. The average molecular weight is 449 g/mol. The van der Waals surface area contributed by atoms with Gasteiger partial charge in [0.2, 0.25) is 5.88 Å². The van der Waals surface area contributed by atoms with Gasteiger partial charge in [0.25, 0.3) is 11.6 Å². The van der Waals surface area contributed by atoms with Gasteiger partial charge in [0, 0.05) is 32.8 Å². The van der Waals surface area contributed by atoms with E-state index < -0.39 is 10.7 Å². The molecule has 0 saturated carbocycles. The Morgan fingerprint density at radius 1 is 1.32 bits per heavy atom. The highest BCUT2D eigenvalue weighted by Gasteiger charge is 2.18. The van der Waals surface area contributed by atoms with Crippen molar-refractivity contribution < 1.29 is 23.6 Å². The Bertz CT molecular complexity index is 1090. The van der Waals surface area contributed by atoms with Crippen molar-refractivity contribution in [3.63, 3.8) is 0 Å². The molecule has 12 heteroatoms. The van der Waals surface area contributed by atoms with Crippen LogP contribution in [0.3, 0.4) is 0 Å². The lowest BCUT2D eigenvalue weighted by molar-refractivity contribution is -0.385. The van der Waals surface area contributed by atoms with E-state index in [9.17, 15) is 19.3 Å². The van der Waals surface area contributed by atoms with Gasteiger partial charge in [0.15, 0.2) is 11.6 Å². The Balaban J connectivity index is 1.71. The molecule has 3 rings (SSSR count). The van der Waals surface area contributed by atoms with Gasteiger partial charge in [0.05, 0.1) is 28.0 Å². The zero-order chi connectivity index (χ0) is 22.4. The van der Waals surface area contributed by atoms with Crippen LogP contribution in [0.25, 0.3) is 10.2 Å². The van der Waals surface area contributed by atoms with Crippen molar-refractivity contribution in [1.29, 1.82) is 0 Å². The zero-order valence-corrected chi connectivity index (χ0v) is 17.6. The maximum atomic E-state index is 14.2. The maximum Gasteiger partial charge on any atom is 0.272 e. The molecule has 0 fully saturated rings. The van der Waals surface area contributed by atoms with Crippen LogP contribution in [0.5, 0.6) is 11.6 Å². The number of benzene rings is 1. The predicted molar refractivity (Wildman–Crippen MR) is 112 cm³/mol. The molecule has 31 heavy (non-hydrogen) atoms. The van der Waals surface area contributed by atoms with Crippen LogP contribution in [0.15, 0.2) is 30.6 Å². The van der Waals surface area contributed by atoms with Crippen LogP contribution in [0.2, 0.25) is 0 Å². The Kier molecular flexibility index (Phi) is 7.39. The van der Waals surface area contributed by atoms with E-state index in [2.05, 4.69) is 15.3 Å². The molecular formula is C19H20FN5O5S. The first kappa shape index (κ1) is 22.5. The lowest BCUT2D eigenvalue weighted by Crippen LogP contribution is -2.34. The van der Waals surface area contributed by atoms with Crippen molar-refractivity contribution in [2.45, 2.75) is 0 Å². The van der Waals surface area contributed by atoms with Crippen molar-refractivity contribution in [2.75, 3.05) is 40.4 Å². The number of fused-ring (bicyclic) bond motifs is 1. The smallest absolute Gasteiger partial charge is 0.272 e. The number of non-ortho nitro benzene ring substituents is 1. The van der Waals surface area contributed by atoms with Gasteiger partial charge in [0.1, 0.15) is 11.0 Å². The van der Waals surface area contributed by atoms with E-state index in [1.807, 2.05) is 11.9 Å². The van der Waals surface area contributed by atoms with Gasteiger partial charge in [-0.15, -0.1) is 11.3 Å². The number of likely N-dealkylation sites (N-methyl/N-ethyl adjacent to an activating group) is 1. The van der Waals surface area contributed by atoms with E-state index in [0.29, 0.717) is 34.8 Å². The summed E-state index contributed by atoms with van der Waals surface area (Å²) in [5, 5.41) is 13.6. The highest BCUT2D eigenvalue weighted by Crippen LogP contribution is 2.34. The quantitative estimate of drug-likeness (QED) is 0.371. The second-order valence-corrected chi connectivity index (χ2v) is 7.58. The molecule has 0 spiro atoms. The first-order valence-corrected chi connectivity index (χ1v) is 10.0. The highest BCUT2D eigenvalue weighted by molar-refractivity contribution is 7.21. The summed E-state index contributed by atoms with van der Waals surface area (Å²) in [5.74, 6) is -1.33. The third-order valence-corrected chi connectivity index (χ3v) is 5.40. The first-order chi connectivity index (χ1) is 14.9. The third-order valence-electron chi connectivity index (χ3n) is 4.29. The van der Waals surface area contributed by atoms with Crippen LogP contribution in [0, 0.1) is 15.9 Å². The second-order valence-electron chi connectivity index (χ2n) is 6.53. The van der Waals surface area contributed by atoms with E-state index in [-0.39, 0.29) is 23.2 Å². The number of hydrogen-bond donors (Lipinski definition) is 1. The largest absolute Gasteiger partial charge is 0.434 e. The Hall–Kier alpha value is -3.22. The number of hydrogen-bond acceptors (Lipinski definition) is 9. The monoisotopic (exact) mass is 449 g/mol. The Morgan fingerprint density at radius 2 is 2.13 bits per heavy atom. The number of nitro benzene ring substituents is 1. The van der Waals surface area contributed by atoms with Crippen molar-refractivity contribution in [2.24, 2.45) is 0 Å². The molecule has 0 unspecified atom stereocenters. The van der Waals surface area contributed by atoms with Gasteiger partial charge in [-0.05, 0) is 19.2 Å². The number of thiophene rings is 1. The first-order valence-electron chi connectivity index (χ1n) is 9.21. The van der Waals surface area contributed by atoms with Crippen LogP contribution in [-0.2, 0) is 4.74 Å². The van der Waals surface area contributed by atoms with Gasteiger partial charge in [-0.2, -0.15) is 0 Å². The van der Waals surface area contributed by atoms with E-state index in [1.54, 1.807) is 13.2 Å². The third kappa shape index (κ3) is 5.69.